The van der Waals surface area contributed by atoms with Crippen LogP contribution in [-0.2, 0) is 19.1 Å². The lowest BCUT2D eigenvalue weighted by Crippen LogP contribution is -2.36. The first-order valence-corrected chi connectivity index (χ1v) is 12.3. The molecule has 2 aliphatic rings. The fourth-order valence-electron chi connectivity index (χ4n) is 3.70. The molecule has 6 nitrogen and oxygen atoms in total. The molecule has 2 heterocycles. The van der Waals surface area contributed by atoms with Crippen LogP contribution in [0, 0.1) is 0 Å². The van der Waals surface area contributed by atoms with Crippen molar-refractivity contribution in [2.24, 2.45) is 0 Å². The van der Waals surface area contributed by atoms with Crippen molar-refractivity contribution in [3.8, 4) is 0 Å². The van der Waals surface area contributed by atoms with Gasteiger partial charge in [-0.1, -0.05) is 99.0 Å². The third-order valence-electron chi connectivity index (χ3n) is 5.81. The van der Waals surface area contributed by atoms with Crippen LogP contribution in [0.25, 0.3) is 0 Å². The lowest BCUT2D eigenvalue weighted by Gasteiger charge is -2.05. The maximum Gasteiger partial charge on any atom is 0.225 e. The van der Waals surface area contributed by atoms with Crippen molar-refractivity contribution in [3.05, 3.63) is 24.3 Å². The van der Waals surface area contributed by atoms with Gasteiger partial charge in [-0.25, -0.2) is 0 Å². The molecular formula is C28H54N2O4. The summed E-state index contributed by atoms with van der Waals surface area (Å²) in [6, 6.07) is 0. The predicted octanol–water partition coefficient (Wildman–Crippen LogP) is 6.45. The van der Waals surface area contributed by atoms with Gasteiger partial charge in [-0.3, -0.25) is 9.59 Å². The zero-order valence-electron chi connectivity index (χ0n) is 19.4. The Hall–Kier alpha value is -1.66. The second-order valence-corrected chi connectivity index (χ2v) is 8.62. The number of amides is 2. The van der Waals surface area contributed by atoms with Crippen molar-refractivity contribution in [3.63, 3.8) is 0 Å². The summed E-state index contributed by atoms with van der Waals surface area (Å²) in [5.74, 6) is -0.188. The number of carbonyl (C=O) groups is 2. The molecule has 200 valence electrons. The molecule has 2 fully saturated rings. The topological polar surface area (TPSA) is 83.3 Å². The first kappa shape index (κ1) is 34.5. The molecule has 2 aliphatic heterocycles. The van der Waals surface area contributed by atoms with E-state index in [2.05, 4.69) is 24.5 Å². The van der Waals surface area contributed by atoms with E-state index in [1.54, 1.807) is 0 Å². The summed E-state index contributed by atoms with van der Waals surface area (Å²) in [5.41, 5.74) is 0. The zero-order valence-corrected chi connectivity index (χ0v) is 19.4. The Balaban J connectivity index is 0. The van der Waals surface area contributed by atoms with E-state index in [1.807, 2.05) is 24.3 Å². The lowest BCUT2D eigenvalue weighted by atomic mass is 10.1. The molecule has 0 aromatic heterocycles. The largest absolute Gasteiger partial charge is 0.369 e. The Labute approximate surface area is 210 Å². The van der Waals surface area contributed by atoms with Gasteiger partial charge >= 0.3 is 0 Å². The third-order valence-corrected chi connectivity index (χ3v) is 5.81. The number of ether oxygens (including phenoxy) is 2. The number of rotatable bonds is 18. The number of hydrogen-bond donors (Lipinski definition) is 2. The smallest absolute Gasteiger partial charge is 0.225 e. The molecule has 0 aromatic carbocycles. The molecule has 0 spiro atoms. The fraction of sp³-hybridized carbons (Fsp3) is 0.786. The fourth-order valence-corrected chi connectivity index (χ4v) is 3.70. The third kappa shape index (κ3) is 16.0. The molecule has 6 heteroatoms. The van der Waals surface area contributed by atoms with Crippen LogP contribution in [-0.4, -0.2) is 42.9 Å². The molecule has 0 saturated carbocycles. The van der Waals surface area contributed by atoms with E-state index < -0.39 is 0 Å². The summed E-state index contributed by atoms with van der Waals surface area (Å²) in [4.78, 5) is 23.6. The van der Waals surface area contributed by atoms with Crippen molar-refractivity contribution in [2.75, 3.05) is 6.67 Å². The second kappa shape index (κ2) is 20.7. The Morgan fingerprint density at radius 2 is 1.06 bits per heavy atom. The van der Waals surface area contributed by atoms with E-state index >= 15 is 0 Å². The Morgan fingerprint density at radius 3 is 1.44 bits per heavy atom. The summed E-state index contributed by atoms with van der Waals surface area (Å²) in [5, 5.41) is 5.42. The number of hydrogen-bond acceptors (Lipinski definition) is 4. The number of nitrogens with one attached hydrogen (secondary N) is 2. The molecule has 4 atom stereocenters. The predicted molar refractivity (Wildman–Crippen MR) is 144 cm³/mol. The average Bonchev–Trinajstić information content (AvgIpc) is 3.67. The molecule has 34 heavy (non-hydrogen) atoms. The highest BCUT2D eigenvalue weighted by molar-refractivity contribution is 5.79. The molecule has 2 rings (SSSR count). The minimum absolute atomic E-state index is 0. The number of carbonyl (C=O) groups excluding carboxylic acids is 2. The van der Waals surface area contributed by atoms with Crippen LogP contribution in [0.2, 0.25) is 0 Å². The second-order valence-electron chi connectivity index (χ2n) is 8.62. The van der Waals surface area contributed by atoms with Crippen LogP contribution < -0.4 is 10.6 Å². The molecule has 2 N–H and O–H groups in total. The molecule has 0 radical (unpaired) electrons. The summed E-state index contributed by atoms with van der Waals surface area (Å²) in [6.07, 6.45) is 21.5. The van der Waals surface area contributed by atoms with E-state index in [9.17, 15) is 9.59 Å². The summed E-state index contributed by atoms with van der Waals surface area (Å²) < 4.78 is 11.3. The molecule has 2 amide bonds. The van der Waals surface area contributed by atoms with Gasteiger partial charge in [0, 0.05) is 12.8 Å². The highest BCUT2D eigenvalue weighted by Gasteiger charge is 2.37. The van der Waals surface area contributed by atoms with E-state index in [0.717, 1.165) is 25.7 Å². The van der Waals surface area contributed by atoms with Crippen molar-refractivity contribution in [2.45, 2.75) is 138 Å². The highest BCUT2D eigenvalue weighted by atomic mass is 16.6. The summed E-state index contributed by atoms with van der Waals surface area (Å²) in [6.45, 7) is 4.57. The van der Waals surface area contributed by atoms with Crippen LogP contribution in [0.3, 0.4) is 0 Å². The first-order valence-electron chi connectivity index (χ1n) is 12.3. The monoisotopic (exact) mass is 482 g/mol. The van der Waals surface area contributed by atoms with E-state index in [-0.39, 0.29) is 40.8 Å². The highest BCUT2D eigenvalue weighted by Crippen LogP contribution is 2.31. The van der Waals surface area contributed by atoms with Gasteiger partial charge in [0.25, 0.3) is 0 Å². The van der Waals surface area contributed by atoms with E-state index in [1.165, 1.54) is 38.5 Å². The van der Waals surface area contributed by atoms with E-state index in [0.29, 0.717) is 37.3 Å². The van der Waals surface area contributed by atoms with Gasteiger partial charge in [-0.05, 0) is 25.7 Å². The van der Waals surface area contributed by atoms with Crippen molar-refractivity contribution >= 4 is 11.8 Å². The van der Waals surface area contributed by atoms with Gasteiger partial charge in [0.05, 0.1) is 31.1 Å². The van der Waals surface area contributed by atoms with Gasteiger partial charge in [0.1, 0.15) is 0 Å². The molecule has 4 unspecified atom stereocenters. The molecule has 0 aliphatic carbocycles. The Kier molecular flexibility index (Phi) is 21.0. The van der Waals surface area contributed by atoms with Crippen LogP contribution in [0.15, 0.2) is 24.3 Å². The molecular weight excluding hydrogens is 428 g/mol. The minimum Gasteiger partial charge on any atom is -0.369 e. The van der Waals surface area contributed by atoms with Gasteiger partial charge in [0.15, 0.2) is 0 Å². The first-order chi connectivity index (χ1) is 15.1. The quantitative estimate of drug-likeness (QED) is 0.102. The number of unbranched alkanes of at least 4 members (excludes halogenated alkanes) is 4. The summed E-state index contributed by atoms with van der Waals surface area (Å²) in [7, 11) is 0. The summed E-state index contributed by atoms with van der Waals surface area (Å²) >= 11 is 0. The maximum atomic E-state index is 11.8. The SMILES string of the molecule is C.C.C.CCCCCC1OC1C/C=C/CC(=O)NCNC(=O)C/C=C/CC1OC1CCCCC. The van der Waals surface area contributed by atoms with Gasteiger partial charge < -0.3 is 20.1 Å². The van der Waals surface area contributed by atoms with Crippen molar-refractivity contribution < 1.29 is 19.1 Å². The molecule has 2 saturated heterocycles. The zero-order chi connectivity index (χ0) is 22.3. The average molecular weight is 483 g/mol. The molecule has 0 bridgehead atoms. The van der Waals surface area contributed by atoms with Crippen LogP contribution >= 0.6 is 0 Å². The minimum atomic E-state index is -0.0942. The van der Waals surface area contributed by atoms with Crippen molar-refractivity contribution in [1.82, 2.24) is 10.6 Å². The maximum absolute atomic E-state index is 11.8. The van der Waals surface area contributed by atoms with Gasteiger partial charge in [-0.15, -0.1) is 0 Å². The molecule has 0 aromatic rings. The van der Waals surface area contributed by atoms with Gasteiger partial charge in [-0.2, -0.15) is 0 Å². The van der Waals surface area contributed by atoms with Crippen LogP contribution in [0.1, 0.15) is 113 Å². The Bertz CT molecular complexity index is 541. The van der Waals surface area contributed by atoms with E-state index in [4.69, 9.17) is 9.47 Å². The Morgan fingerprint density at radius 1 is 0.647 bits per heavy atom. The standard InChI is InChI=1S/C25H42N2O4.3CH4/c1-3-5-7-13-20-22(30-20)15-9-11-17-24(28)26-19-27-25(29)18-12-10-16-23-21(31-23)14-8-6-4-2;;;/h9-12,20-23H,3-8,13-19H2,1-2H3,(H,26,28)(H,27,29);3*1H4/b11-9+,12-10+;;;. The normalized spacial score (nSPS) is 22.4. The number of epoxide rings is 2. The van der Waals surface area contributed by atoms with Gasteiger partial charge in [0.2, 0.25) is 11.8 Å². The van der Waals surface area contributed by atoms with Crippen molar-refractivity contribution in [1.29, 1.82) is 0 Å². The van der Waals surface area contributed by atoms with Crippen LogP contribution in [0.5, 0.6) is 0 Å². The van der Waals surface area contributed by atoms with Crippen LogP contribution in [0.4, 0.5) is 0 Å². The lowest BCUT2D eigenvalue weighted by molar-refractivity contribution is -0.122.